The predicted octanol–water partition coefficient (Wildman–Crippen LogP) is 14.0. The molecule has 264 valence electrons. The van der Waals surface area contributed by atoms with Gasteiger partial charge >= 0.3 is 5.97 Å². The lowest BCUT2D eigenvalue weighted by molar-refractivity contribution is -0.143. The number of carbonyl (C=O) groups excluding carboxylic acids is 1. The fraction of sp³-hybridized carbons (Fsp3) is 0.976. The fourth-order valence-electron chi connectivity index (χ4n) is 6.47. The molecule has 0 unspecified atom stereocenters. The van der Waals surface area contributed by atoms with Gasteiger partial charge in [-0.05, 0) is 19.3 Å². The van der Waals surface area contributed by atoms with Crippen LogP contribution in [0.1, 0.15) is 244 Å². The van der Waals surface area contributed by atoms with E-state index in [4.69, 9.17) is 9.84 Å². The van der Waals surface area contributed by atoms with Crippen LogP contribution < -0.4 is 0 Å². The number of aliphatic hydroxyl groups is 1. The van der Waals surface area contributed by atoms with Crippen molar-refractivity contribution >= 4 is 5.97 Å². The summed E-state index contributed by atoms with van der Waals surface area (Å²) in [6, 6.07) is 0. The molecule has 0 radical (unpaired) electrons. The topological polar surface area (TPSA) is 46.5 Å². The van der Waals surface area contributed by atoms with Crippen LogP contribution >= 0.6 is 0 Å². The summed E-state index contributed by atoms with van der Waals surface area (Å²) in [6.45, 7) is 3.26. The molecular weight excluding hydrogens is 540 g/mol. The Morgan fingerprint density at radius 3 is 0.909 bits per heavy atom. The highest BCUT2D eigenvalue weighted by Gasteiger charge is 2.03. The summed E-state index contributed by atoms with van der Waals surface area (Å²) in [5.41, 5.74) is 0. The Hall–Kier alpha value is -0.570. The molecule has 3 nitrogen and oxygen atoms in total. The van der Waals surface area contributed by atoms with Crippen molar-refractivity contribution in [2.24, 2.45) is 0 Å². The number of ether oxygens (including phenoxy) is 1. The first-order chi connectivity index (χ1) is 21.8. The maximum Gasteiger partial charge on any atom is 0.305 e. The molecule has 0 rings (SSSR count). The van der Waals surface area contributed by atoms with Crippen LogP contribution in [0, 0.1) is 0 Å². The predicted molar refractivity (Wildman–Crippen MR) is 195 cm³/mol. The van der Waals surface area contributed by atoms with E-state index < -0.39 is 0 Å². The van der Waals surface area contributed by atoms with E-state index in [-0.39, 0.29) is 5.97 Å². The zero-order valence-corrected chi connectivity index (χ0v) is 30.3. The van der Waals surface area contributed by atoms with Crippen molar-refractivity contribution in [1.29, 1.82) is 0 Å². The quantitative estimate of drug-likeness (QED) is 0.0548. The van der Waals surface area contributed by atoms with E-state index in [1.807, 2.05) is 0 Å². The third-order valence-electron chi connectivity index (χ3n) is 9.55. The SMILES string of the molecule is CCCCCCCCCCCC(=O)OCCCCCCCCCCCCCCCCCCCCCCCCCCCCCO. The molecular formula is C41H82O3. The van der Waals surface area contributed by atoms with Gasteiger partial charge in [0.25, 0.3) is 0 Å². The summed E-state index contributed by atoms with van der Waals surface area (Å²) in [5.74, 6) is 0.0220. The molecule has 0 bridgehead atoms. The second-order valence-corrected chi connectivity index (χ2v) is 14.1. The van der Waals surface area contributed by atoms with Gasteiger partial charge in [-0.25, -0.2) is 0 Å². The van der Waals surface area contributed by atoms with Gasteiger partial charge in [0, 0.05) is 13.0 Å². The van der Waals surface area contributed by atoms with Crippen molar-refractivity contribution in [3.05, 3.63) is 0 Å². The van der Waals surface area contributed by atoms with Crippen LogP contribution in [-0.2, 0) is 9.53 Å². The van der Waals surface area contributed by atoms with Gasteiger partial charge in [-0.2, -0.15) is 0 Å². The zero-order chi connectivity index (χ0) is 31.9. The first-order valence-corrected chi connectivity index (χ1v) is 20.6. The Morgan fingerprint density at radius 2 is 0.614 bits per heavy atom. The first kappa shape index (κ1) is 43.4. The van der Waals surface area contributed by atoms with Crippen molar-refractivity contribution in [3.8, 4) is 0 Å². The van der Waals surface area contributed by atoms with Gasteiger partial charge in [0.2, 0.25) is 0 Å². The van der Waals surface area contributed by atoms with Crippen LogP contribution in [-0.4, -0.2) is 24.3 Å². The number of hydrogen-bond donors (Lipinski definition) is 1. The van der Waals surface area contributed by atoms with Crippen LogP contribution in [0.2, 0.25) is 0 Å². The maximum atomic E-state index is 11.9. The summed E-state index contributed by atoms with van der Waals surface area (Å²) < 4.78 is 5.43. The van der Waals surface area contributed by atoms with Crippen molar-refractivity contribution in [2.45, 2.75) is 244 Å². The molecule has 0 aromatic carbocycles. The molecule has 1 N–H and O–H groups in total. The van der Waals surface area contributed by atoms with Gasteiger partial charge in [-0.3, -0.25) is 4.79 Å². The van der Waals surface area contributed by atoms with E-state index in [1.54, 1.807) is 0 Å². The maximum absolute atomic E-state index is 11.9. The van der Waals surface area contributed by atoms with Crippen LogP contribution in [0.3, 0.4) is 0 Å². The smallest absolute Gasteiger partial charge is 0.305 e. The lowest BCUT2D eigenvalue weighted by atomic mass is 10.0. The van der Waals surface area contributed by atoms with Gasteiger partial charge in [-0.1, -0.05) is 219 Å². The van der Waals surface area contributed by atoms with Crippen molar-refractivity contribution in [1.82, 2.24) is 0 Å². The number of carbonyl (C=O) groups is 1. The number of unbranched alkanes of at least 4 members (excludes halogenated alkanes) is 34. The number of esters is 1. The molecule has 0 aliphatic carbocycles. The highest BCUT2D eigenvalue weighted by atomic mass is 16.5. The molecule has 0 aromatic rings. The van der Waals surface area contributed by atoms with Crippen LogP contribution in [0.5, 0.6) is 0 Å². The molecule has 0 spiro atoms. The van der Waals surface area contributed by atoms with Gasteiger partial charge in [0.15, 0.2) is 0 Å². The van der Waals surface area contributed by atoms with E-state index in [0.29, 0.717) is 19.6 Å². The third kappa shape index (κ3) is 39.5. The molecule has 0 amide bonds. The van der Waals surface area contributed by atoms with E-state index in [0.717, 1.165) is 19.3 Å². The monoisotopic (exact) mass is 623 g/mol. The molecule has 0 saturated heterocycles. The fourth-order valence-corrected chi connectivity index (χ4v) is 6.47. The number of rotatable bonds is 39. The molecule has 0 aromatic heterocycles. The zero-order valence-electron chi connectivity index (χ0n) is 30.3. The molecule has 0 saturated carbocycles. The highest BCUT2D eigenvalue weighted by molar-refractivity contribution is 5.69. The van der Waals surface area contributed by atoms with Gasteiger partial charge < -0.3 is 9.84 Å². The van der Waals surface area contributed by atoms with E-state index in [2.05, 4.69) is 6.92 Å². The summed E-state index contributed by atoms with van der Waals surface area (Å²) in [6.07, 6.45) is 49.3. The Kier molecular flexibility index (Phi) is 39.9. The van der Waals surface area contributed by atoms with Crippen molar-refractivity contribution < 1.29 is 14.6 Å². The second-order valence-electron chi connectivity index (χ2n) is 14.1. The largest absolute Gasteiger partial charge is 0.466 e. The molecule has 44 heavy (non-hydrogen) atoms. The first-order valence-electron chi connectivity index (χ1n) is 20.6. The lowest BCUT2D eigenvalue weighted by Crippen LogP contribution is -2.05. The summed E-state index contributed by atoms with van der Waals surface area (Å²) in [4.78, 5) is 11.9. The lowest BCUT2D eigenvalue weighted by Gasteiger charge is -2.06. The molecule has 0 heterocycles. The van der Waals surface area contributed by atoms with Crippen LogP contribution in [0.25, 0.3) is 0 Å². The summed E-state index contributed by atoms with van der Waals surface area (Å²) >= 11 is 0. The van der Waals surface area contributed by atoms with Crippen molar-refractivity contribution in [2.75, 3.05) is 13.2 Å². The molecule has 0 aliphatic heterocycles. The summed E-state index contributed by atoms with van der Waals surface area (Å²) in [5, 5.41) is 8.80. The summed E-state index contributed by atoms with van der Waals surface area (Å²) in [7, 11) is 0. The van der Waals surface area contributed by atoms with Crippen molar-refractivity contribution in [3.63, 3.8) is 0 Å². The van der Waals surface area contributed by atoms with Crippen LogP contribution in [0.15, 0.2) is 0 Å². The average molecular weight is 623 g/mol. The minimum Gasteiger partial charge on any atom is -0.466 e. The standard InChI is InChI=1S/C41H82O3/c1-2-3-4-5-6-26-29-32-35-38-41(43)44-40-37-34-31-28-25-23-21-19-17-15-13-11-9-7-8-10-12-14-16-18-20-22-24-27-30-33-36-39-42/h42H,2-40H2,1H3. The third-order valence-corrected chi connectivity index (χ3v) is 9.55. The minimum atomic E-state index is 0.0220. The van der Waals surface area contributed by atoms with Gasteiger partial charge in [-0.15, -0.1) is 0 Å². The van der Waals surface area contributed by atoms with Gasteiger partial charge in [0.05, 0.1) is 6.61 Å². The van der Waals surface area contributed by atoms with E-state index in [9.17, 15) is 4.79 Å². The molecule has 3 heteroatoms. The molecule has 0 aliphatic rings. The van der Waals surface area contributed by atoms with Gasteiger partial charge in [0.1, 0.15) is 0 Å². The normalized spacial score (nSPS) is 11.4. The Morgan fingerprint density at radius 1 is 0.364 bits per heavy atom. The van der Waals surface area contributed by atoms with E-state index in [1.165, 1.54) is 212 Å². The molecule has 0 atom stereocenters. The highest BCUT2D eigenvalue weighted by Crippen LogP contribution is 2.16. The van der Waals surface area contributed by atoms with Crippen LogP contribution in [0.4, 0.5) is 0 Å². The second kappa shape index (κ2) is 40.5. The van der Waals surface area contributed by atoms with E-state index >= 15 is 0 Å². The Labute approximate surface area is 277 Å². The number of hydrogen-bond acceptors (Lipinski definition) is 3. The molecule has 0 fully saturated rings. The minimum absolute atomic E-state index is 0.0220. The Balaban J connectivity index is 3.11. The number of aliphatic hydroxyl groups excluding tert-OH is 1. The Bertz CT molecular complexity index is 520. The average Bonchev–Trinajstić information content (AvgIpc) is 3.03.